The zero-order chi connectivity index (χ0) is 26.5. The SMILES string of the molecule is COc1cc(C=Nc2cc(-c3ccc(C)cc3)nn2-c2ccccc2)ccc1OC(=O)c1ccc(Cl)cc1. The van der Waals surface area contributed by atoms with Crippen LogP contribution < -0.4 is 9.47 Å². The maximum atomic E-state index is 12.5. The summed E-state index contributed by atoms with van der Waals surface area (Å²) in [5.74, 6) is 0.884. The molecule has 0 N–H and O–H groups in total. The molecule has 0 atom stereocenters. The molecule has 0 saturated heterocycles. The number of benzene rings is 4. The molecular formula is C31H24ClN3O3. The topological polar surface area (TPSA) is 65.7 Å². The van der Waals surface area contributed by atoms with Crippen LogP contribution in [0.5, 0.6) is 11.5 Å². The van der Waals surface area contributed by atoms with E-state index in [2.05, 4.69) is 31.2 Å². The normalized spacial score (nSPS) is 11.0. The molecule has 188 valence electrons. The molecule has 0 unspecified atom stereocenters. The Hall–Kier alpha value is -4.68. The van der Waals surface area contributed by atoms with Gasteiger partial charge in [0.25, 0.3) is 0 Å². The van der Waals surface area contributed by atoms with Gasteiger partial charge in [0.1, 0.15) is 0 Å². The van der Waals surface area contributed by atoms with E-state index < -0.39 is 5.97 Å². The van der Waals surface area contributed by atoms with Crippen molar-refractivity contribution in [3.05, 3.63) is 125 Å². The zero-order valence-electron chi connectivity index (χ0n) is 20.8. The van der Waals surface area contributed by atoms with E-state index in [9.17, 15) is 4.79 Å². The Kier molecular flexibility index (Phi) is 7.33. The molecule has 4 aromatic carbocycles. The van der Waals surface area contributed by atoms with E-state index in [1.165, 1.54) is 12.7 Å². The Labute approximate surface area is 225 Å². The minimum absolute atomic E-state index is 0.306. The van der Waals surface area contributed by atoms with Crippen LogP contribution >= 0.6 is 11.6 Å². The summed E-state index contributed by atoms with van der Waals surface area (Å²) < 4.78 is 12.8. The molecule has 0 amide bonds. The Morgan fingerprint density at radius 3 is 2.34 bits per heavy atom. The van der Waals surface area contributed by atoms with Crippen molar-refractivity contribution >= 4 is 29.6 Å². The Bertz CT molecular complexity index is 1590. The summed E-state index contributed by atoms with van der Waals surface area (Å²) in [6, 6.07) is 31.8. The highest BCUT2D eigenvalue weighted by atomic mass is 35.5. The summed E-state index contributed by atoms with van der Waals surface area (Å²) in [7, 11) is 1.52. The predicted molar refractivity (Wildman–Crippen MR) is 150 cm³/mol. The van der Waals surface area contributed by atoms with Crippen LogP contribution in [-0.2, 0) is 0 Å². The van der Waals surface area contributed by atoms with Crippen molar-refractivity contribution in [2.75, 3.05) is 7.11 Å². The van der Waals surface area contributed by atoms with Gasteiger partial charge < -0.3 is 9.47 Å². The van der Waals surface area contributed by atoms with Crippen LogP contribution in [0, 0.1) is 6.92 Å². The lowest BCUT2D eigenvalue weighted by atomic mass is 10.1. The molecule has 6 nitrogen and oxygen atoms in total. The fourth-order valence-electron chi connectivity index (χ4n) is 3.82. The van der Waals surface area contributed by atoms with Gasteiger partial charge in [0.15, 0.2) is 17.3 Å². The highest BCUT2D eigenvalue weighted by Crippen LogP contribution is 2.30. The van der Waals surface area contributed by atoms with Gasteiger partial charge in [0.2, 0.25) is 0 Å². The van der Waals surface area contributed by atoms with E-state index in [4.69, 9.17) is 31.2 Å². The summed E-state index contributed by atoms with van der Waals surface area (Å²) in [5.41, 5.74) is 5.08. The molecule has 5 rings (SSSR count). The van der Waals surface area contributed by atoms with Crippen molar-refractivity contribution < 1.29 is 14.3 Å². The van der Waals surface area contributed by atoms with Gasteiger partial charge in [-0.1, -0.05) is 59.6 Å². The third kappa shape index (κ3) is 5.66. The minimum Gasteiger partial charge on any atom is -0.493 e. The first kappa shape index (κ1) is 25.0. The maximum Gasteiger partial charge on any atom is 0.343 e. The quantitative estimate of drug-likeness (QED) is 0.126. The van der Waals surface area contributed by atoms with Gasteiger partial charge in [0, 0.05) is 22.9 Å². The molecule has 0 aliphatic rings. The minimum atomic E-state index is -0.503. The number of aromatic nitrogens is 2. The number of aliphatic imine (C=N–C) groups is 1. The lowest BCUT2D eigenvalue weighted by Gasteiger charge is -2.10. The second-order valence-electron chi connectivity index (χ2n) is 8.57. The van der Waals surface area contributed by atoms with Crippen LogP contribution in [0.2, 0.25) is 5.02 Å². The predicted octanol–water partition coefficient (Wildman–Crippen LogP) is 7.48. The second-order valence-corrected chi connectivity index (χ2v) is 9.00. The van der Waals surface area contributed by atoms with E-state index in [-0.39, 0.29) is 0 Å². The standard InChI is InChI=1S/C31H24ClN3O3/c1-21-8-11-23(12-9-21)27-19-30(35(34-27)26-6-4-3-5-7-26)33-20-22-10-17-28(29(18-22)37-2)38-31(36)24-13-15-25(32)16-14-24/h3-20H,1-2H3. The molecule has 5 aromatic rings. The Balaban J connectivity index is 1.43. The zero-order valence-corrected chi connectivity index (χ0v) is 21.6. The van der Waals surface area contributed by atoms with Crippen LogP contribution in [0.15, 0.2) is 108 Å². The summed E-state index contributed by atoms with van der Waals surface area (Å²) in [4.78, 5) is 17.3. The molecule has 0 aliphatic heterocycles. The number of carbonyl (C=O) groups excluding carboxylic acids is 1. The number of rotatable bonds is 7. The first-order chi connectivity index (χ1) is 18.5. The van der Waals surface area contributed by atoms with Crippen molar-refractivity contribution in [3.63, 3.8) is 0 Å². The third-order valence-corrected chi connectivity index (χ3v) is 6.11. The summed E-state index contributed by atoms with van der Waals surface area (Å²) in [6.45, 7) is 2.06. The second kappa shape index (κ2) is 11.2. The van der Waals surface area contributed by atoms with Crippen LogP contribution in [-0.4, -0.2) is 29.1 Å². The smallest absolute Gasteiger partial charge is 0.343 e. The summed E-state index contributed by atoms with van der Waals surface area (Å²) >= 11 is 5.91. The number of esters is 1. The summed E-state index contributed by atoms with van der Waals surface area (Å²) in [6.07, 6.45) is 1.72. The number of hydrogen-bond donors (Lipinski definition) is 0. The van der Waals surface area contributed by atoms with Crippen LogP contribution in [0.1, 0.15) is 21.5 Å². The van der Waals surface area contributed by atoms with Crippen molar-refractivity contribution in [2.45, 2.75) is 6.92 Å². The van der Waals surface area contributed by atoms with E-state index in [0.717, 1.165) is 22.5 Å². The molecule has 1 aromatic heterocycles. The van der Waals surface area contributed by atoms with Crippen molar-refractivity contribution in [3.8, 4) is 28.4 Å². The fourth-order valence-corrected chi connectivity index (χ4v) is 3.95. The van der Waals surface area contributed by atoms with Crippen molar-refractivity contribution in [1.82, 2.24) is 9.78 Å². The van der Waals surface area contributed by atoms with Gasteiger partial charge in [0.05, 0.1) is 24.1 Å². The molecule has 0 aliphatic carbocycles. The van der Waals surface area contributed by atoms with Gasteiger partial charge in [-0.05, 0) is 67.1 Å². The maximum absolute atomic E-state index is 12.5. The number of para-hydroxylation sites is 1. The third-order valence-electron chi connectivity index (χ3n) is 5.85. The first-order valence-corrected chi connectivity index (χ1v) is 12.3. The molecule has 1 heterocycles. The van der Waals surface area contributed by atoms with Gasteiger partial charge in [-0.15, -0.1) is 0 Å². The lowest BCUT2D eigenvalue weighted by molar-refractivity contribution is 0.0729. The number of aryl methyl sites for hydroxylation is 1. The van der Waals surface area contributed by atoms with Crippen LogP contribution in [0.25, 0.3) is 16.9 Å². The van der Waals surface area contributed by atoms with Crippen molar-refractivity contribution in [1.29, 1.82) is 0 Å². The number of methoxy groups -OCH3 is 1. The molecule has 0 spiro atoms. The molecule has 0 bridgehead atoms. The van der Waals surface area contributed by atoms with E-state index in [1.807, 2.05) is 41.1 Å². The number of ether oxygens (including phenoxy) is 2. The van der Waals surface area contributed by atoms with Gasteiger partial charge >= 0.3 is 5.97 Å². The number of hydrogen-bond acceptors (Lipinski definition) is 5. The van der Waals surface area contributed by atoms with Gasteiger partial charge in [-0.25, -0.2) is 14.5 Å². The van der Waals surface area contributed by atoms with Gasteiger partial charge in [-0.2, -0.15) is 5.10 Å². The first-order valence-electron chi connectivity index (χ1n) is 11.9. The lowest BCUT2D eigenvalue weighted by Crippen LogP contribution is -2.09. The highest BCUT2D eigenvalue weighted by molar-refractivity contribution is 6.30. The molecule has 0 saturated carbocycles. The highest BCUT2D eigenvalue weighted by Gasteiger charge is 2.14. The van der Waals surface area contributed by atoms with Crippen molar-refractivity contribution in [2.24, 2.45) is 4.99 Å². The monoisotopic (exact) mass is 521 g/mol. The molecular weight excluding hydrogens is 498 g/mol. The average Bonchev–Trinajstić information content (AvgIpc) is 3.38. The molecule has 0 radical (unpaired) electrons. The Morgan fingerprint density at radius 1 is 0.895 bits per heavy atom. The molecule has 38 heavy (non-hydrogen) atoms. The van der Waals surface area contributed by atoms with E-state index >= 15 is 0 Å². The largest absolute Gasteiger partial charge is 0.493 e. The van der Waals surface area contributed by atoms with Crippen LogP contribution in [0.3, 0.4) is 0 Å². The Morgan fingerprint density at radius 2 is 1.63 bits per heavy atom. The fraction of sp³-hybridized carbons (Fsp3) is 0.0645. The van der Waals surface area contributed by atoms with Gasteiger partial charge in [-0.3, -0.25) is 0 Å². The molecule has 0 fully saturated rings. The summed E-state index contributed by atoms with van der Waals surface area (Å²) in [5, 5.41) is 5.36. The molecule has 7 heteroatoms. The van der Waals surface area contributed by atoms with Crippen LogP contribution in [0.4, 0.5) is 5.82 Å². The number of halogens is 1. The average molecular weight is 522 g/mol. The van der Waals surface area contributed by atoms with E-state index in [0.29, 0.717) is 27.9 Å². The number of nitrogens with zero attached hydrogens (tertiary/aromatic N) is 3. The van der Waals surface area contributed by atoms with E-state index in [1.54, 1.807) is 48.7 Å². The number of carbonyl (C=O) groups is 1.